The van der Waals surface area contributed by atoms with Crippen molar-refractivity contribution < 1.29 is 0 Å². The van der Waals surface area contributed by atoms with E-state index >= 15 is 0 Å². The van der Waals surface area contributed by atoms with Gasteiger partial charge in [0, 0.05) is 24.7 Å². The zero-order chi connectivity index (χ0) is 11.3. The first-order valence-electron chi connectivity index (χ1n) is 5.86. The van der Waals surface area contributed by atoms with Gasteiger partial charge in [0.25, 0.3) is 0 Å². The van der Waals surface area contributed by atoms with Crippen molar-refractivity contribution in [2.24, 2.45) is 5.92 Å². The van der Waals surface area contributed by atoms with Crippen LogP contribution in [0.25, 0.3) is 0 Å². The molecule has 1 fully saturated rings. The van der Waals surface area contributed by atoms with E-state index in [9.17, 15) is 0 Å². The fraction of sp³-hybridized carbons (Fsp3) is 0.833. The molecule has 0 radical (unpaired) electrons. The lowest BCUT2D eigenvalue weighted by atomic mass is 10.1. The third-order valence-electron chi connectivity index (χ3n) is 2.94. The van der Waals surface area contributed by atoms with Gasteiger partial charge in [-0.3, -0.25) is 4.90 Å². The van der Waals surface area contributed by atoms with Crippen LogP contribution >= 0.6 is 11.6 Å². The van der Waals surface area contributed by atoms with Crippen LogP contribution in [0.5, 0.6) is 0 Å². The monoisotopic (exact) mass is 230 g/mol. The van der Waals surface area contributed by atoms with Gasteiger partial charge in [0.1, 0.15) is 0 Å². The number of rotatable bonds is 6. The molecule has 0 aromatic rings. The Morgan fingerprint density at radius 1 is 1.60 bits per heavy atom. The Morgan fingerprint density at radius 3 is 2.93 bits per heavy atom. The van der Waals surface area contributed by atoms with Gasteiger partial charge in [-0.1, -0.05) is 25.1 Å². The molecular formula is C12H23ClN2. The molecule has 0 aromatic heterocycles. The molecule has 0 aromatic carbocycles. The Balaban J connectivity index is 2.21. The van der Waals surface area contributed by atoms with Crippen LogP contribution in [-0.2, 0) is 0 Å². The highest BCUT2D eigenvalue weighted by molar-refractivity contribution is 6.29. The molecular weight excluding hydrogens is 208 g/mol. The highest BCUT2D eigenvalue weighted by Crippen LogP contribution is 2.18. The maximum Gasteiger partial charge on any atom is 0.0335 e. The second kappa shape index (κ2) is 6.51. The fourth-order valence-electron chi connectivity index (χ4n) is 2.36. The zero-order valence-electron chi connectivity index (χ0n) is 10.0. The van der Waals surface area contributed by atoms with E-state index in [0.717, 1.165) is 17.5 Å². The van der Waals surface area contributed by atoms with E-state index in [0.29, 0.717) is 0 Å². The van der Waals surface area contributed by atoms with Crippen LogP contribution in [0.2, 0.25) is 0 Å². The van der Waals surface area contributed by atoms with Crippen LogP contribution < -0.4 is 0 Å². The second-order valence-electron chi connectivity index (χ2n) is 4.67. The average molecular weight is 231 g/mol. The molecule has 15 heavy (non-hydrogen) atoms. The van der Waals surface area contributed by atoms with E-state index in [4.69, 9.17) is 11.6 Å². The fourth-order valence-corrected chi connectivity index (χ4v) is 2.53. The number of nitrogens with zero attached hydrogens (tertiary/aromatic N) is 2. The molecule has 0 bridgehead atoms. The molecule has 0 saturated carbocycles. The first kappa shape index (κ1) is 13.0. The SMILES string of the molecule is C=C(Cl)CN1CC[C@@H](CN(C)CCC)C1. The minimum absolute atomic E-state index is 0.762. The van der Waals surface area contributed by atoms with Gasteiger partial charge < -0.3 is 4.90 Å². The summed E-state index contributed by atoms with van der Waals surface area (Å²) in [5, 5.41) is 0.762. The Kier molecular flexibility index (Phi) is 5.65. The van der Waals surface area contributed by atoms with Crippen molar-refractivity contribution in [1.29, 1.82) is 0 Å². The van der Waals surface area contributed by atoms with Gasteiger partial charge in [-0.2, -0.15) is 0 Å². The van der Waals surface area contributed by atoms with Gasteiger partial charge in [0.2, 0.25) is 0 Å². The van der Waals surface area contributed by atoms with Gasteiger partial charge in [-0.25, -0.2) is 0 Å². The quantitative estimate of drug-likeness (QED) is 0.692. The van der Waals surface area contributed by atoms with Crippen molar-refractivity contribution >= 4 is 11.6 Å². The number of hydrogen-bond donors (Lipinski definition) is 0. The standard InChI is InChI=1S/C12H23ClN2/c1-4-6-14(3)9-12-5-7-15(10-12)8-11(2)13/h12H,2,4-10H2,1,3H3/t12-/m0/s1. The Morgan fingerprint density at radius 2 is 2.33 bits per heavy atom. The number of hydrogen-bond acceptors (Lipinski definition) is 2. The molecule has 1 heterocycles. The van der Waals surface area contributed by atoms with Crippen molar-refractivity contribution in [2.45, 2.75) is 19.8 Å². The molecule has 88 valence electrons. The van der Waals surface area contributed by atoms with E-state index in [1.165, 1.54) is 39.0 Å². The molecule has 1 aliphatic rings. The van der Waals surface area contributed by atoms with Gasteiger partial charge in [-0.05, 0) is 38.9 Å². The number of halogens is 1. The molecule has 1 aliphatic heterocycles. The van der Waals surface area contributed by atoms with E-state index in [-0.39, 0.29) is 0 Å². The Bertz CT molecular complexity index is 206. The van der Waals surface area contributed by atoms with Gasteiger partial charge in [-0.15, -0.1) is 0 Å². The molecule has 0 N–H and O–H groups in total. The first-order valence-corrected chi connectivity index (χ1v) is 6.23. The third-order valence-corrected chi connectivity index (χ3v) is 3.06. The van der Waals surface area contributed by atoms with E-state index in [2.05, 4.69) is 30.4 Å². The second-order valence-corrected chi connectivity index (χ2v) is 5.20. The van der Waals surface area contributed by atoms with Crippen LogP contribution in [0.15, 0.2) is 11.6 Å². The minimum atomic E-state index is 0.762. The lowest BCUT2D eigenvalue weighted by Gasteiger charge is -2.20. The van der Waals surface area contributed by atoms with Crippen LogP contribution in [-0.4, -0.2) is 49.6 Å². The van der Waals surface area contributed by atoms with Crippen molar-refractivity contribution in [1.82, 2.24) is 9.80 Å². The highest BCUT2D eigenvalue weighted by Gasteiger charge is 2.23. The predicted octanol–water partition coefficient (Wildman–Crippen LogP) is 2.40. The maximum absolute atomic E-state index is 5.81. The largest absolute Gasteiger partial charge is 0.306 e. The third kappa shape index (κ3) is 5.01. The summed E-state index contributed by atoms with van der Waals surface area (Å²) in [5.41, 5.74) is 0. The van der Waals surface area contributed by atoms with E-state index in [1.807, 2.05) is 0 Å². The summed E-state index contributed by atoms with van der Waals surface area (Å²) in [6.07, 6.45) is 2.55. The topological polar surface area (TPSA) is 6.48 Å². The first-order chi connectivity index (χ1) is 7.11. The van der Waals surface area contributed by atoms with Gasteiger partial charge in [0.15, 0.2) is 0 Å². The molecule has 3 heteroatoms. The summed E-state index contributed by atoms with van der Waals surface area (Å²) in [6.45, 7) is 11.6. The maximum atomic E-state index is 5.81. The van der Waals surface area contributed by atoms with Crippen LogP contribution in [0.3, 0.4) is 0 Å². The summed E-state index contributed by atoms with van der Waals surface area (Å²) < 4.78 is 0. The normalized spacial score (nSPS) is 22.5. The summed E-state index contributed by atoms with van der Waals surface area (Å²) in [4.78, 5) is 4.84. The molecule has 0 unspecified atom stereocenters. The lowest BCUT2D eigenvalue weighted by molar-refractivity contribution is 0.269. The Hall–Kier alpha value is -0.0500. The molecule has 1 saturated heterocycles. The molecule has 0 aliphatic carbocycles. The van der Waals surface area contributed by atoms with Crippen molar-refractivity contribution in [3.8, 4) is 0 Å². The van der Waals surface area contributed by atoms with E-state index < -0.39 is 0 Å². The van der Waals surface area contributed by atoms with Crippen LogP contribution in [0, 0.1) is 5.92 Å². The molecule has 0 spiro atoms. The summed E-state index contributed by atoms with van der Waals surface area (Å²) >= 11 is 5.81. The Labute approximate surface area is 98.9 Å². The molecule has 2 nitrogen and oxygen atoms in total. The van der Waals surface area contributed by atoms with Crippen molar-refractivity contribution in [3.63, 3.8) is 0 Å². The van der Waals surface area contributed by atoms with Crippen LogP contribution in [0.4, 0.5) is 0 Å². The number of likely N-dealkylation sites (tertiary alicyclic amines) is 1. The summed E-state index contributed by atoms with van der Waals surface area (Å²) in [7, 11) is 2.21. The summed E-state index contributed by atoms with van der Waals surface area (Å²) in [5.74, 6) is 0.817. The molecule has 0 amide bonds. The predicted molar refractivity (Wildman–Crippen MR) is 67.3 cm³/mol. The molecule has 1 atom stereocenters. The molecule has 1 rings (SSSR count). The van der Waals surface area contributed by atoms with E-state index in [1.54, 1.807) is 0 Å². The minimum Gasteiger partial charge on any atom is -0.306 e. The lowest BCUT2D eigenvalue weighted by Crippen LogP contribution is -2.29. The zero-order valence-corrected chi connectivity index (χ0v) is 10.8. The van der Waals surface area contributed by atoms with Gasteiger partial charge in [0.05, 0.1) is 0 Å². The van der Waals surface area contributed by atoms with Crippen molar-refractivity contribution in [2.75, 3.05) is 39.8 Å². The van der Waals surface area contributed by atoms with Crippen LogP contribution in [0.1, 0.15) is 19.8 Å². The summed E-state index contributed by atoms with van der Waals surface area (Å²) in [6, 6.07) is 0. The van der Waals surface area contributed by atoms with Crippen molar-refractivity contribution in [3.05, 3.63) is 11.6 Å². The smallest absolute Gasteiger partial charge is 0.0335 e. The van der Waals surface area contributed by atoms with Gasteiger partial charge >= 0.3 is 0 Å². The highest BCUT2D eigenvalue weighted by atomic mass is 35.5. The average Bonchev–Trinajstić information content (AvgIpc) is 2.51.